The third-order valence-corrected chi connectivity index (χ3v) is 5.03. The van der Waals surface area contributed by atoms with E-state index in [0.29, 0.717) is 17.6 Å². The van der Waals surface area contributed by atoms with Crippen LogP contribution in [0, 0.1) is 0 Å². The number of rotatable bonds is 2. The molecule has 5 heteroatoms. The van der Waals surface area contributed by atoms with E-state index in [0.717, 1.165) is 20.1 Å². The Labute approximate surface area is 150 Å². The van der Waals surface area contributed by atoms with Gasteiger partial charge in [-0.1, -0.05) is 31.9 Å². The number of hydrogen-bond acceptors (Lipinski definition) is 3. The number of Topliss-reactive ketones (excluding diaryl/α,β-unsaturated/α-hetero) is 1. The van der Waals surface area contributed by atoms with Crippen molar-refractivity contribution in [3.8, 4) is 11.5 Å². The lowest BCUT2D eigenvalue weighted by molar-refractivity contribution is -0.114. The molecule has 1 aliphatic rings. The Morgan fingerprint density at radius 2 is 1.26 bits per heavy atom. The second kappa shape index (κ2) is 6.34. The standard InChI is InChI=1S/C18H12Br2O3/c19-16-3-1-14(21)8-10(16)5-12-7-13(18(12)23)6-11-9-15(22)2-4-17(11)20/h1-6,8-9,21-22H,7H2/b12-5+,13-6+. The molecule has 0 aliphatic heterocycles. The van der Waals surface area contributed by atoms with Gasteiger partial charge in [0.2, 0.25) is 0 Å². The van der Waals surface area contributed by atoms with Gasteiger partial charge in [0.15, 0.2) is 5.78 Å². The molecule has 0 amide bonds. The van der Waals surface area contributed by atoms with E-state index in [4.69, 9.17) is 0 Å². The summed E-state index contributed by atoms with van der Waals surface area (Å²) >= 11 is 6.81. The fourth-order valence-electron chi connectivity index (χ4n) is 2.36. The third kappa shape index (κ3) is 3.41. The lowest BCUT2D eigenvalue weighted by Crippen LogP contribution is -2.18. The topological polar surface area (TPSA) is 57.5 Å². The number of aromatic hydroxyl groups is 2. The Morgan fingerprint density at radius 3 is 1.65 bits per heavy atom. The van der Waals surface area contributed by atoms with Crippen LogP contribution >= 0.6 is 31.9 Å². The van der Waals surface area contributed by atoms with Gasteiger partial charge in [0.25, 0.3) is 0 Å². The van der Waals surface area contributed by atoms with E-state index in [1.54, 1.807) is 48.6 Å². The maximum Gasteiger partial charge on any atom is 0.185 e. The van der Waals surface area contributed by atoms with Crippen molar-refractivity contribution >= 4 is 49.8 Å². The zero-order valence-electron chi connectivity index (χ0n) is 11.9. The van der Waals surface area contributed by atoms with Gasteiger partial charge in [0, 0.05) is 26.5 Å². The van der Waals surface area contributed by atoms with Crippen molar-refractivity contribution in [2.45, 2.75) is 6.42 Å². The van der Waals surface area contributed by atoms with Crippen LogP contribution in [0.5, 0.6) is 11.5 Å². The SMILES string of the molecule is O=C1/C(=C/c2cc(O)ccc2Br)C/C1=C\c1cc(O)ccc1Br. The Bertz CT molecular complexity index is 797. The van der Waals surface area contributed by atoms with Gasteiger partial charge < -0.3 is 10.2 Å². The van der Waals surface area contributed by atoms with E-state index in [-0.39, 0.29) is 17.3 Å². The molecule has 0 aromatic heterocycles. The van der Waals surface area contributed by atoms with Crippen molar-refractivity contribution < 1.29 is 15.0 Å². The van der Waals surface area contributed by atoms with Gasteiger partial charge in [-0.2, -0.15) is 0 Å². The first-order valence-electron chi connectivity index (χ1n) is 6.87. The number of benzene rings is 2. The summed E-state index contributed by atoms with van der Waals surface area (Å²) in [6.07, 6.45) is 4.12. The molecule has 0 spiro atoms. The molecule has 3 nitrogen and oxygen atoms in total. The summed E-state index contributed by atoms with van der Waals surface area (Å²) in [7, 11) is 0. The number of hydrogen-bond donors (Lipinski definition) is 2. The fourth-order valence-corrected chi connectivity index (χ4v) is 3.08. The van der Waals surface area contributed by atoms with Crippen LogP contribution in [0.25, 0.3) is 12.2 Å². The molecule has 0 atom stereocenters. The molecule has 23 heavy (non-hydrogen) atoms. The Morgan fingerprint density at radius 1 is 0.826 bits per heavy atom. The molecule has 2 aromatic carbocycles. The maximum absolute atomic E-state index is 12.3. The van der Waals surface area contributed by atoms with E-state index < -0.39 is 0 Å². The van der Waals surface area contributed by atoms with Crippen LogP contribution < -0.4 is 0 Å². The molecule has 1 saturated carbocycles. The average Bonchev–Trinajstić information content (AvgIpc) is 2.52. The molecule has 0 radical (unpaired) electrons. The van der Waals surface area contributed by atoms with Crippen LogP contribution in [0.1, 0.15) is 17.5 Å². The van der Waals surface area contributed by atoms with Crippen LogP contribution in [0.15, 0.2) is 56.5 Å². The normalized spacial score (nSPS) is 17.6. The average molecular weight is 436 g/mol. The zero-order valence-corrected chi connectivity index (χ0v) is 15.1. The maximum atomic E-state index is 12.3. The van der Waals surface area contributed by atoms with Gasteiger partial charge in [-0.05, 0) is 59.7 Å². The molecule has 0 unspecified atom stereocenters. The monoisotopic (exact) mass is 434 g/mol. The molecule has 2 N–H and O–H groups in total. The molecule has 2 aromatic rings. The second-order valence-electron chi connectivity index (χ2n) is 5.26. The molecular formula is C18H12Br2O3. The summed E-state index contributed by atoms with van der Waals surface area (Å²) in [5.74, 6) is 0.299. The number of carbonyl (C=O) groups excluding carboxylic acids is 1. The number of phenolic OH excluding ortho intramolecular Hbond substituents is 2. The molecular weight excluding hydrogens is 424 g/mol. The number of carbonyl (C=O) groups is 1. The second-order valence-corrected chi connectivity index (χ2v) is 6.97. The van der Waals surface area contributed by atoms with Crippen molar-refractivity contribution in [1.29, 1.82) is 0 Å². The summed E-state index contributed by atoms with van der Waals surface area (Å²) in [6.45, 7) is 0. The highest BCUT2D eigenvalue weighted by molar-refractivity contribution is 9.10. The summed E-state index contributed by atoms with van der Waals surface area (Å²) in [4.78, 5) is 12.3. The van der Waals surface area contributed by atoms with Crippen LogP contribution in [-0.4, -0.2) is 16.0 Å². The molecule has 0 heterocycles. The first-order chi connectivity index (χ1) is 10.9. The summed E-state index contributed by atoms with van der Waals surface area (Å²) < 4.78 is 1.65. The number of halogens is 2. The summed E-state index contributed by atoms with van der Waals surface area (Å²) in [6, 6.07) is 9.87. The Hall–Kier alpha value is -1.85. The van der Waals surface area contributed by atoms with Crippen molar-refractivity contribution in [2.24, 2.45) is 0 Å². The first kappa shape index (κ1) is 16.0. The van der Waals surface area contributed by atoms with Crippen molar-refractivity contribution in [3.63, 3.8) is 0 Å². The molecule has 116 valence electrons. The lowest BCUT2D eigenvalue weighted by atomic mass is 9.82. The Kier molecular flexibility index (Phi) is 4.41. The van der Waals surface area contributed by atoms with Crippen molar-refractivity contribution in [3.05, 3.63) is 67.6 Å². The highest BCUT2D eigenvalue weighted by atomic mass is 79.9. The minimum atomic E-state index is -0.0181. The summed E-state index contributed by atoms with van der Waals surface area (Å²) in [5.41, 5.74) is 2.93. The molecule has 0 bridgehead atoms. The number of phenols is 2. The smallest absolute Gasteiger partial charge is 0.185 e. The van der Waals surface area contributed by atoms with Crippen LogP contribution in [-0.2, 0) is 4.79 Å². The van der Waals surface area contributed by atoms with Crippen LogP contribution in [0.3, 0.4) is 0 Å². The van der Waals surface area contributed by atoms with Gasteiger partial charge in [-0.3, -0.25) is 4.79 Å². The molecule has 0 saturated heterocycles. The minimum Gasteiger partial charge on any atom is -0.508 e. The van der Waals surface area contributed by atoms with Gasteiger partial charge in [0.1, 0.15) is 11.5 Å². The number of allylic oxidation sites excluding steroid dienone is 2. The summed E-state index contributed by atoms with van der Waals surface area (Å²) in [5, 5.41) is 19.1. The van der Waals surface area contributed by atoms with Crippen LogP contribution in [0.2, 0.25) is 0 Å². The highest BCUT2D eigenvalue weighted by Crippen LogP contribution is 2.35. The van der Waals surface area contributed by atoms with E-state index >= 15 is 0 Å². The van der Waals surface area contributed by atoms with E-state index in [1.165, 1.54) is 0 Å². The van der Waals surface area contributed by atoms with Gasteiger partial charge in [-0.15, -0.1) is 0 Å². The predicted octanol–water partition coefficient (Wildman–Crippen LogP) is 5.06. The molecule has 1 fully saturated rings. The molecule has 1 aliphatic carbocycles. The van der Waals surface area contributed by atoms with E-state index in [1.807, 2.05) is 0 Å². The quantitative estimate of drug-likeness (QED) is 0.648. The predicted molar refractivity (Wildman–Crippen MR) is 97.2 cm³/mol. The van der Waals surface area contributed by atoms with Crippen molar-refractivity contribution in [2.75, 3.05) is 0 Å². The van der Waals surface area contributed by atoms with E-state index in [2.05, 4.69) is 31.9 Å². The largest absolute Gasteiger partial charge is 0.508 e. The minimum absolute atomic E-state index is 0.0181. The van der Waals surface area contributed by atoms with Crippen LogP contribution in [0.4, 0.5) is 0 Å². The lowest BCUT2D eigenvalue weighted by Gasteiger charge is -2.20. The van der Waals surface area contributed by atoms with Gasteiger partial charge in [0.05, 0.1) is 0 Å². The third-order valence-electron chi connectivity index (χ3n) is 3.58. The highest BCUT2D eigenvalue weighted by Gasteiger charge is 2.27. The zero-order chi connectivity index (χ0) is 16.6. The van der Waals surface area contributed by atoms with Gasteiger partial charge >= 0.3 is 0 Å². The van der Waals surface area contributed by atoms with Gasteiger partial charge in [-0.25, -0.2) is 0 Å². The number of ketones is 1. The van der Waals surface area contributed by atoms with Crippen molar-refractivity contribution in [1.82, 2.24) is 0 Å². The molecule has 3 rings (SSSR count). The van der Waals surface area contributed by atoms with E-state index in [9.17, 15) is 15.0 Å². The fraction of sp³-hybridized carbons (Fsp3) is 0.0556. The first-order valence-corrected chi connectivity index (χ1v) is 8.45. The Balaban J connectivity index is 1.86.